The average molecular weight is 278 g/mol. The van der Waals surface area contributed by atoms with E-state index in [1.807, 2.05) is 24.3 Å². The Morgan fingerprint density at radius 2 is 2.00 bits per heavy atom. The van der Waals surface area contributed by atoms with E-state index in [-0.39, 0.29) is 6.04 Å². The van der Waals surface area contributed by atoms with Crippen LogP contribution in [0.3, 0.4) is 0 Å². The third-order valence-electron chi connectivity index (χ3n) is 3.40. The number of benzene rings is 1. The predicted octanol–water partition coefficient (Wildman–Crippen LogP) is 3.59. The van der Waals surface area contributed by atoms with Crippen molar-refractivity contribution in [2.24, 2.45) is 0 Å². The zero-order chi connectivity index (χ0) is 13.1. The molecule has 0 radical (unpaired) electrons. The second-order valence-corrected chi connectivity index (χ2v) is 5.26. The first kappa shape index (κ1) is 12.6. The molecular formula is C14H16ClN3O. The summed E-state index contributed by atoms with van der Waals surface area (Å²) in [5.74, 6) is 1.31. The van der Waals surface area contributed by atoms with Gasteiger partial charge in [0.05, 0.1) is 6.04 Å². The molecule has 1 N–H and O–H groups in total. The minimum atomic E-state index is 0.191. The fourth-order valence-electron chi connectivity index (χ4n) is 2.33. The van der Waals surface area contributed by atoms with Gasteiger partial charge in [-0.3, -0.25) is 0 Å². The molecule has 1 aromatic heterocycles. The zero-order valence-corrected chi connectivity index (χ0v) is 11.4. The lowest BCUT2D eigenvalue weighted by molar-refractivity contribution is 0.327. The summed E-state index contributed by atoms with van der Waals surface area (Å²) in [7, 11) is 0. The quantitative estimate of drug-likeness (QED) is 0.911. The van der Waals surface area contributed by atoms with Crippen molar-refractivity contribution in [1.29, 1.82) is 0 Å². The molecule has 1 fully saturated rings. The van der Waals surface area contributed by atoms with Crippen LogP contribution in [0.25, 0.3) is 11.4 Å². The third-order valence-corrected chi connectivity index (χ3v) is 3.65. The summed E-state index contributed by atoms with van der Waals surface area (Å²) >= 11 is 5.87. The number of rotatable bonds is 2. The van der Waals surface area contributed by atoms with E-state index in [1.54, 1.807) is 0 Å². The van der Waals surface area contributed by atoms with Gasteiger partial charge in [0.1, 0.15) is 0 Å². The molecule has 0 bridgehead atoms. The standard InChI is InChI=1S/C14H16ClN3O/c15-11-7-5-10(6-8-11)13-17-14(19-18-13)12-4-2-1-3-9-16-12/h5-8,12,16H,1-4,9H2. The molecule has 0 saturated carbocycles. The smallest absolute Gasteiger partial charge is 0.244 e. The van der Waals surface area contributed by atoms with E-state index in [1.165, 1.54) is 19.3 Å². The maximum atomic E-state index is 5.87. The Labute approximate surface area is 117 Å². The monoisotopic (exact) mass is 277 g/mol. The van der Waals surface area contributed by atoms with E-state index in [2.05, 4.69) is 15.5 Å². The molecule has 2 aromatic rings. The maximum absolute atomic E-state index is 5.87. The predicted molar refractivity (Wildman–Crippen MR) is 74.0 cm³/mol. The Hall–Kier alpha value is -1.39. The van der Waals surface area contributed by atoms with Crippen LogP contribution in [-0.4, -0.2) is 16.7 Å². The van der Waals surface area contributed by atoms with Gasteiger partial charge in [0.25, 0.3) is 0 Å². The van der Waals surface area contributed by atoms with Gasteiger partial charge in [-0.05, 0) is 43.7 Å². The van der Waals surface area contributed by atoms with E-state index in [0.29, 0.717) is 16.7 Å². The molecule has 19 heavy (non-hydrogen) atoms. The van der Waals surface area contributed by atoms with Crippen LogP contribution < -0.4 is 5.32 Å². The first-order valence-electron chi connectivity index (χ1n) is 6.66. The molecule has 2 heterocycles. The van der Waals surface area contributed by atoms with Crippen LogP contribution >= 0.6 is 11.6 Å². The van der Waals surface area contributed by atoms with Gasteiger partial charge in [0.15, 0.2) is 0 Å². The molecule has 0 aliphatic carbocycles. The summed E-state index contributed by atoms with van der Waals surface area (Å²) in [4.78, 5) is 4.49. The molecule has 1 aromatic carbocycles. The highest BCUT2D eigenvalue weighted by molar-refractivity contribution is 6.30. The summed E-state index contributed by atoms with van der Waals surface area (Å²) < 4.78 is 5.39. The fraction of sp³-hybridized carbons (Fsp3) is 0.429. The molecule has 100 valence electrons. The van der Waals surface area contributed by atoms with Crippen molar-refractivity contribution in [2.45, 2.75) is 31.7 Å². The summed E-state index contributed by atoms with van der Waals surface area (Å²) in [6, 6.07) is 7.65. The molecule has 0 amide bonds. The normalized spacial score (nSPS) is 20.2. The molecule has 1 unspecified atom stereocenters. The van der Waals surface area contributed by atoms with Crippen molar-refractivity contribution in [2.75, 3.05) is 6.54 Å². The Balaban J connectivity index is 1.80. The first-order chi connectivity index (χ1) is 9.33. The van der Waals surface area contributed by atoms with Gasteiger partial charge in [-0.1, -0.05) is 29.6 Å². The van der Waals surface area contributed by atoms with E-state index >= 15 is 0 Å². The molecular weight excluding hydrogens is 262 g/mol. The first-order valence-corrected chi connectivity index (χ1v) is 7.03. The number of nitrogens with zero attached hydrogens (tertiary/aromatic N) is 2. The zero-order valence-electron chi connectivity index (χ0n) is 10.6. The van der Waals surface area contributed by atoms with Crippen LogP contribution in [0.2, 0.25) is 5.02 Å². The van der Waals surface area contributed by atoms with E-state index in [4.69, 9.17) is 16.1 Å². The van der Waals surface area contributed by atoms with Crippen molar-refractivity contribution >= 4 is 11.6 Å². The Morgan fingerprint density at radius 3 is 2.84 bits per heavy atom. The summed E-state index contributed by atoms with van der Waals surface area (Å²) in [6.45, 7) is 1.02. The molecule has 4 nitrogen and oxygen atoms in total. The van der Waals surface area contributed by atoms with Crippen LogP contribution in [0.4, 0.5) is 0 Å². The number of nitrogens with one attached hydrogen (secondary N) is 1. The highest BCUT2D eigenvalue weighted by Gasteiger charge is 2.20. The van der Waals surface area contributed by atoms with E-state index in [9.17, 15) is 0 Å². The number of aromatic nitrogens is 2. The SMILES string of the molecule is Clc1ccc(-c2noc(C3CCCCCN3)n2)cc1. The Bertz CT molecular complexity index is 530. The molecule has 1 aliphatic heterocycles. The van der Waals surface area contributed by atoms with Crippen LogP contribution in [0.1, 0.15) is 37.6 Å². The lowest BCUT2D eigenvalue weighted by atomic mass is 10.1. The Kier molecular flexibility index (Phi) is 3.80. The van der Waals surface area contributed by atoms with Crippen molar-refractivity contribution in [3.8, 4) is 11.4 Å². The second-order valence-electron chi connectivity index (χ2n) is 4.82. The van der Waals surface area contributed by atoms with Gasteiger partial charge in [-0.2, -0.15) is 4.98 Å². The summed E-state index contributed by atoms with van der Waals surface area (Å²) in [5.41, 5.74) is 0.924. The van der Waals surface area contributed by atoms with Gasteiger partial charge in [0.2, 0.25) is 11.7 Å². The van der Waals surface area contributed by atoms with Crippen molar-refractivity contribution in [1.82, 2.24) is 15.5 Å². The lowest BCUT2D eigenvalue weighted by Gasteiger charge is -2.09. The van der Waals surface area contributed by atoms with Crippen LogP contribution in [0, 0.1) is 0 Å². The molecule has 3 rings (SSSR count). The minimum Gasteiger partial charge on any atom is -0.337 e. The summed E-state index contributed by atoms with van der Waals surface area (Å²) in [5, 5.41) is 8.21. The van der Waals surface area contributed by atoms with Gasteiger partial charge in [-0.25, -0.2) is 0 Å². The highest BCUT2D eigenvalue weighted by atomic mass is 35.5. The van der Waals surface area contributed by atoms with Crippen LogP contribution in [0.15, 0.2) is 28.8 Å². The van der Waals surface area contributed by atoms with Crippen molar-refractivity contribution in [3.63, 3.8) is 0 Å². The topological polar surface area (TPSA) is 51.0 Å². The van der Waals surface area contributed by atoms with Crippen LogP contribution in [0.5, 0.6) is 0 Å². The molecule has 1 aliphatic rings. The van der Waals surface area contributed by atoms with Crippen LogP contribution in [-0.2, 0) is 0 Å². The van der Waals surface area contributed by atoms with Crippen molar-refractivity contribution < 1.29 is 4.52 Å². The number of halogens is 1. The largest absolute Gasteiger partial charge is 0.337 e. The highest BCUT2D eigenvalue weighted by Crippen LogP contribution is 2.24. The second kappa shape index (κ2) is 5.72. The molecule has 1 atom stereocenters. The summed E-state index contributed by atoms with van der Waals surface area (Å²) in [6.07, 6.45) is 4.74. The molecule has 5 heteroatoms. The third kappa shape index (κ3) is 2.96. The Morgan fingerprint density at radius 1 is 1.16 bits per heavy atom. The van der Waals surface area contributed by atoms with Crippen molar-refractivity contribution in [3.05, 3.63) is 35.2 Å². The van der Waals surface area contributed by atoms with Gasteiger partial charge in [0, 0.05) is 10.6 Å². The minimum absolute atomic E-state index is 0.191. The van der Waals surface area contributed by atoms with E-state index in [0.717, 1.165) is 18.5 Å². The van der Waals surface area contributed by atoms with E-state index < -0.39 is 0 Å². The maximum Gasteiger partial charge on any atom is 0.244 e. The lowest BCUT2D eigenvalue weighted by Crippen LogP contribution is -2.20. The molecule has 0 spiro atoms. The van der Waals surface area contributed by atoms with Gasteiger partial charge >= 0.3 is 0 Å². The fourth-order valence-corrected chi connectivity index (χ4v) is 2.46. The average Bonchev–Trinajstić information content (AvgIpc) is 2.76. The van der Waals surface area contributed by atoms with Gasteiger partial charge in [-0.15, -0.1) is 0 Å². The molecule has 1 saturated heterocycles. The number of hydrogen-bond acceptors (Lipinski definition) is 4. The number of hydrogen-bond donors (Lipinski definition) is 1. The van der Waals surface area contributed by atoms with Gasteiger partial charge < -0.3 is 9.84 Å².